The van der Waals surface area contributed by atoms with Crippen molar-refractivity contribution >= 4 is 11.6 Å². The number of hydrogen-bond acceptors (Lipinski definition) is 4. The Bertz CT molecular complexity index is 917. The third kappa shape index (κ3) is 1.56. The molecule has 0 radical (unpaired) electrons. The number of fused-ring (bicyclic) bond motifs is 1. The lowest BCUT2D eigenvalue weighted by atomic mass is 9.40. The van der Waals surface area contributed by atoms with E-state index in [1.165, 1.54) is 0 Å². The molecule has 4 aliphatic rings. The molecule has 0 aromatic carbocycles. The highest BCUT2D eigenvalue weighted by Gasteiger charge is 2.71. The lowest BCUT2D eigenvalue weighted by molar-refractivity contribution is -0.155. The molecule has 1 atom stereocenters. The van der Waals surface area contributed by atoms with Crippen molar-refractivity contribution in [1.82, 2.24) is 19.3 Å². The van der Waals surface area contributed by atoms with E-state index in [-0.39, 0.29) is 22.7 Å². The zero-order valence-corrected chi connectivity index (χ0v) is 13.1. The molecule has 3 saturated carbocycles. The van der Waals surface area contributed by atoms with Gasteiger partial charge in [0.1, 0.15) is 5.82 Å². The molecule has 3 fully saturated rings. The van der Waals surface area contributed by atoms with Crippen LogP contribution in [0.3, 0.4) is 0 Å². The van der Waals surface area contributed by atoms with E-state index in [1.54, 1.807) is 21.6 Å². The van der Waals surface area contributed by atoms with Crippen LogP contribution in [-0.2, 0) is 12.0 Å². The van der Waals surface area contributed by atoms with Gasteiger partial charge in [-0.3, -0.25) is 9.55 Å². The van der Waals surface area contributed by atoms with Crippen LogP contribution in [-0.4, -0.2) is 19.3 Å². The molecular formula is C16H14ClN5O. The van der Waals surface area contributed by atoms with Gasteiger partial charge in [0.05, 0.1) is 28.1 Å². The highest BCUT2D eigenvalue weighted by atomic mass is 35.5. The van der Waals surface area contributed by atoms with Crippen molar-refractivity contribution in [3.05, 3.63) is 45.4 Å². The first kappa shape index (κ1) is 13.3. The smallest absolute Gasteiger partial charge is 0.271 e. The van der Waals surface area contributed by atoms with Gasteiger partial charge in [-0.25, -0.2) is 9.48 Å². The number of halogens is 1. The summed E-state index contributed by atoms with van der Waals surface area (Å²) in [6.45, 7) is 0. The molecule has 2 bridgehead atoms. The summed E-state index contributed by atoms with van der Waals surface area (Å²) in [5.74, 6) is 0.829. The van der Waals surface area contributed by atoms with Gasteiger partial charge in [0, 0.05) is 18.8 Å². The standard InChI is InChI=1S/C16H14ClN5O/c17-11-3-10(4-19-5-11)12-1-2-13-20-22(14(23)21(12)13)16-6-15(7-16,8-16)9-18/h3-5,12H,1-2,6-8H2/t12-,15?,16?/m0/s1. The van der Waals surface area contributed by atoms with Crippen molar-refractivity contribution in [2.45, 2.75) is 43.7 Å². The van der Waals surface area contributed by atoms with Crippen molar-refractivity contribution in [2.24, 2.45) is 5.41 Å². The fraction of sp³-hybridized carbons (Fsp3) is 0.500. The minimum absolute atomic E-state index is 0.0465. The van der Waals surface area contributed by atoms with Crippen molar-refractivity contribution in [2.75, 3.05) is 0 Å². The van der Waals surface area contributed by atoms with Crippen LogP contribution in [0.4, 0.5) is 0 Å². The quantitative estimate of drug-likeness (QED) is 0.845. The van der Waals surface area contributed by atoms with E-state index < -0.39 is 0 Å². The molecule has 2 aromatic rings. The summed E-state index contributed by atoms with van der Waals surface area (Å²) < 4.78 is 3.43. The number of aryl methyl sites for hydroxylation is 1. The molecule has 2 aromatic heterocycles. The summed E-state index contributed by atoms with van der Waals surface area (Å²) in [5, 5.41) is 14.3. The van der Waals surface area contributed by atoms with E-state index >= 15 is 0 Å². The third-order valence-electron chi connectivity index (χ3n) is 5.63. The topological polar surface area (TPSA) is 76.5 Å². The summed E-state index contributed by atoms with van der Waals surface area (Å²) in [6, 6.07) is 4.19. The number of hydrogen-bond donors (Lipinski definition) is 0. The Kier molecular flexibility index (Phi) is 2.34. The fourth-order valence-electron chi connectivity index (χ4n) is 4.61. The van der Waals surface area contributed by atoms with Gasteiger partial charge >= 0.3 is 5.69 Å². The highest BCUT2D eigenvalue weighted by molar-refractivity contribution is 6.30. The van der Waals surface area contributed by atoms with Crippen LogP contribution >= 0.6 is 11.6 Å². The molecule has 1 aliphatic heterocycles. The van der Waals surface area contributed by atoms with Gasteiger partial charge in [-0.05, 0) is 37.3 Å². The molecular weight excluding hydrogens is 314 g/mol. The number of aromatic nitrogens is 4. The van der Waals surface area contributed by atoms with Crippen LogP contribution in [0.25, 0.3) is 0 Å². The number of nitriles is 1. The van der Waals surface area contributed by atoms with Gasteiger partial charge in [-0.2, -0.15) is 10.4 Å². The maximum Gasteiger partial charge on any atom is 0.347 e. The second kappa shape index (κ2) is 4.04. The Hall–Kier alpha value is -2.13. The van der Waals surface area contributed by atoms with Gasteiger partial charge in [0.25, 0.3) is 0 Å². The lowest BCUT2D eigenvalue weighted by Gasteiger charge is -2.65. The second-order valence-electron chi connectivity index (χ2n) is 7.12. The van der Waals surface area contributed by atoms with E-state index in [0.717, 1.165) is 43.5 Å². The summed E-state index contributed by atoms with van der Waals surface area (Å²) in [6.07, 6.45) is 7.26. The monoisotopic (exact) mass is 327 g/mol. The maximum atomic E-state index is 12.9. The van der Waals surface area contributed by atoms with Crippen molar-refractivity contribution in [3.63, 3.8) is 0 Å². The maximum absolute atomic E-state index is 12.9. The van der Waals surface area contributed by atoms with E-state index in [4.69, 9.17) is 16.9 Å². The van der Waals surface area contributed by atoms with Gasteiger partial charge < -0.3 is 0 Å². The minimum Gasteiger partial charge on any atom is -0.271 e. The highest BCUT2D eigenvalue weighted by Crippen LogP contribution is 2.70. The normalized spacial score (nSPS) is 33.5. The van der Waals surface area contributed by atoms with Crippen molar-refractivity contribution in [1.29, 1.82) is 5.26 Å². The molecule has 0 spiro atoms. The molecule has 3 aliphatic carbocycles. The minimum atomic E-state index is -0.207. The van der Waals surface area contributed by atoms with Crippen LogP contribution in [0.15, 0.2) is 23.3 Å². The number of nitrogens with zero attached hydrogens (tertiary/aromatic N) is 5. The molecule has 6 rings (SSSR count). The summed E-state index contributed by atoms with van der Waals surface area (Å²) >= 11 is 6.04. The Morgan fingerprint density at radius 3 is 2.83 bits per heavy atom. The average molecular weight is 328 g/mol. The first-order valence-corrected chi connectivity index (χ1v) is 8.16. The molecule has 0 saturated heterocycles. The molecule has 0 unspecified atom stereocenters. The largest absolute Gasteiger partial charge is 0.347 e. The molecule has 0 amide bonds. The first-order valence-electron chi connectivity index (χ1n) is 7.79. The first-order chi connectivity index (χ1) is 11.1. The van der Waals surface area contributed by atoms with Crippen molar-refractivity contribution in [3.8, 4) is 6.07 Å². The Labute approximate surface area is 137 Å². The summed E-state index contributed by atoms with van der Waals surface area (Å²) in [7, 11) is 0. The lowest BCUT2D eigenvalue weighted by Crippen LogP contribution is -2.69. The molecule has 0 N–H and O–H groups in total. The van der Waals surface area contributed by atoms with Crippen LogP contribution in [0.2, 0.25) is 5.02 Å². The second-order valence-corrected chi connectivity index (χ2v) is 7.55. The molecule has 6 nitrogen and oxygen atoms in total. The summed E-state index contributed by atoms with van der Waals surface area (Å²) in [5.41, 5.74) is 0.489. The van der Waals surface area contributed by atoms with Crippen LogP contribution in [0.5, 0.6) is 0 Å². The Morgan fingerprint density at radius 2 is 2.13 bits per heavy atom. The predicted molar refractivity (Wildman–Crippen MR) is 82.1 cm³/mol. The zero-order chi connectivity index (χ0) is 15.8. The fourth-order valence-corrected chi connectivity index (χ4v) is 4.79. The van der Waals surface area contributed by atoms with Crippen LogP contribution < -0.4 is 5.69 Å². The molecule has 23 heavy (non-hydrogen) atoms. The predicted octanol–water partition coefficient (Wildman–Crippen LogP) is 2.03. The van der Waals surface area contributed by atoms with Gasteiger partial charge in [0.2, 0.25) is 0 Å². The molecule has 3 heterocycles. The van der Waals surface area contributed by atoms with E-state index in [9.17, 15) is 4.79 Å². The van der Waals surface area contributed by atoms with E-state index in [0.29, 0.717) is 5.02 Å². The van der Waals surface area contributed by atoms with Crippen LogP contribution in [0, 0.1) is 16.7 Å². The zero-order valence-electron chi connectivity index (χ0n) is 12.4. The SMILES string of the molecule is N#CC12CC(n3nc4n(c3=O)[C@H](c3cncc(Cl)c3)CC4)(C1)C2. The average Bonchev–Trinajstić information content (AvgIpc) is 2.99. The molecule has 7 heteroatoms. The number of rotatable bonds is 2. The Balaban J connectivity index is 1.55. The van der Waals surface area contributed by atoms with Crippen LogP contribution in [0.1, 0.15) is 43.1 Å². The Morgan fingerprint density at radius 1 is 1.35 bits per heavy atom. The van der Waals surface area contributed by atoms with Gasteiger partial charge in [-0.15, -0.1) is 0 Å². The van der Waals surface area contributed by atoms with E-state index in [2.05, 4.69) is 16.2 Å². The van der Waals surface area contributed by atoms with E-state index in [1.807, 2.05) is 6.07 Å². The molecule has 116 valence electrons. The summed E-state index contributed by atoms with van der Waals surface area (Å²) in [4.78, 5) is 17.0. The number of pyridine rings is 1. The third-order valence-corrected chi connectivity index (χ3v) is 5.84. The van der Waals surface area contributed by atoms with Crippen molar-refractivity contribution < 1.29 is 0 Å². The van der Waals surface area contributed by atoms with Gasteiger partial charge in [0.15, 0.2) is 0 Å². The van der Waals surface area contributed by atoms with Gasteiger partial charge in [-0.1, -0.05) is 11.6 Å².